The maximum Gasteiger partial charge on any atom is 0.176 e. The number of nitrogens with one attached hydrogen (secondary N) is 1. The van der Waals surface area contributed by atoms with Crippen LogP contribution in [-0.4, -0.2) is 23.0 Å². The number of aromatic nitrogens is 2. The van der Waals surface area contributed by atoms with Crippen molar-refractivity contribution in [2.75, 3.05) is 18.5 Å². The third kappa shape index (κ3) is 3.33. The minimum atomic E-state index is -0.145. The molecule has 1 aliphatic heterocycles. The van der Waals surface area contributed by atoms with Crippen molar-refractivity contribution in [2.45, 2.75) is 19.5 Å². The van der Waals surface area contributed by atoms with E-state index in [0.717, 1.165) is 36.7 Å². The zero-order chi connectivity index (χ0) is 13.1. The van der Waals surface area contributed by atoms with Gasteiger partial charge in [-0.25, -0.2) is 0 Å². The molecular weight excluding hydrogens is 265 g/mol. The SMILES string of the molecule is Fc1ccc(CNc2cnn(C[C@@H]3CCOC3)c2)s1. The Morgan fingerprint density at radius 2 is 2.47 bits per heavy atom. The van der Waals surface area contributed by atoms with E-state index in [4.69, 9.17) is 4.74 Å². The first-order chi connectivity index (χ1) is 9.29. The van der Waals surface area contributed by atoms with Crippen molar-refractivity contribution in [3.63, 3.8) is 0 Å². The van der Waals surface area contributed by atoms with Crippen LogP contribution in [0.2, 0.25) is 0 Å². The molecule has 1 saturated heterocycles. The van der Waals surface area contributed by atoms with E-state index in [9.17, 15) is 4.39 Å². The summed E-state index contributed by atoms with van der Waals surface area (Å²) in [6, 6.07) is 3.29. The van der Waals surface area contributed by atoms with E-state index in [0.29, 0.717) is 12.5 Å². The van der Waals surface area contributed by atoms with Gasteiger partial charge < -0.3 is 10.1 Å². The fourth-order valence-electron chi connectivity index (χ4n) is 2.18. The molecule has 2 aromatic heterocycles. The van der Waals surface area contributed by atoms with Gasteiger partial charge in [0.1, 0.15) is 0 Å². The van der Waals surface area contributed by atoms with Crippen LogP contribution in [0.1, 0.15) is 11.3 Å². The van der Waals surface area contributed by atoms with Crippen LogP contribution in [0.15, 0.2) is 24.5 Å². The molecule has 0 aromatic carbocycles. The van der Waals surface area contributed by atoms with E-state index in [1.165, 1.54) is 17.4 Å². The Labute approximate surface area is 115 Å². The highest BCUT2D eigenvalue weighted by atomic mass is 32.1. The summed E-state index contributed by atoms with van der Waals surface area (Å²) in [6.45, 7) is 3.22. The van der Waals surface area contributed by atoms with Gasteiger partial charge in [0.05, 0.1) is 18.5 Å². The molecule has 4 nitrogen and oxygen atoms in total. The van der Waals surface area contributed by atoms with Gasteiger partial charge in [-0.05, 0) is 18.6 Å². The fraction of sp³-hybridized carbons (Fsp3) is 0.462. The second kappa shape index (κ2) is 5.71. The summed E-state index contributed by atoms with van der Waals surface area (Å²) in [5.74, 6) is 0.569. The standard InChI is InChI=1S/C13H16FN3OS/c14-13-2-1-12(19-13)6-15-11-5-16-17(8-11)7-10-3-4-18-9-10/h1-2,5,8,10,15H,3-4,6-7,9H2/t10-/m0/s1. The van der Waals surface area contributed by atoms with Gasteiger partial charge in [-0.15, -0.1) is 11.3 Å². The minimum Gasteiger partial charge on any atom is -0.381 e. The second-order valence-electron chi connectivity index (χ2n) is 4.74. The highest BCUT2D eigenvalue weighted by Crippen LogP contribution is 2.18. The number of thiophene rings is 1. The molecule has 0 unspecified atom stereocenters. The van der Waals surface area contributed by atoms with E-state index < -0.39 is 0 Å². The van der Waals surface area contributed by atoms with Crippen molar-refractivity contribution in [1.29, 1.82) is 0 Å². The maximum absolute atomic E-state index is 12.8. The van der Waals surface area contributed by atoms with Crippen molar-refractivity contribution in [1.82, 2.24) is 9.78 Å². The predicted molar refractivity (Wildman–Crippen MR) is 72.8 cm³/mol. The molecule has 3 rings (SSSR count). The molecule has 0 radical (unpaired) electrons. The first-order valence-corrected chi connectivity index (χ1v) is 7.19. The molecule has 0 saturated carbocycles. The van der Waals surface area contributed by atoms with Crippen LogP contribution >= 0.6 is 11.3 Å². The van der Waals surface area contributed by atoms with Crippen LogP contribution in [0.4, 0.5) is 10.1 Å². The molecule has 19 heavy (non-hydrogen) atoms. The van der Waals surface area contributed by atoms with Gasteiger partial charge in [0.25, 0.3) is 0 Å². The summed E-state index contributed by atoms with van der Waals surface area (Å²) in [5, 5.41) is 7.43. The minimum absolute atomic E-state index is 0.145. The summed E-state index contributed by atoms with van der Waals surface area (Å²) < 4.78 is 20.1. The molecule has 0 spiro atoms. The Kier molecular flexibility index (Phi) is 3.79. The number of rotatable bonds is 5. The van der Waals surface area contributed by atoms with E-state index in [-0.39, 0.29) is 5.13 Å². The van der Waals surface area contributed by atoms with Crippen molar-refractivity contribution in [3.8, 4) is 0 Å². The number of nitrogens with zero attached hydrogens (tertiary/aromatic N) is 2. The van der Waals surface area contributed by atoms with Crippen LogP contribution in [0, 0.1) is 11.0 Å². The van der Waals surface area contributed by atoms with E-state index in [1.54, 1.807) is 12.3 Å². The molecule has 0 aliphatic carbocycles. The van der Waals surface area contributed by atoms with Crippen molar-refractivity contribution in [2.24, 2.45) is 5.92 Å². The Morgan fingerprint density at radius 1 is 1.53 bits per heavy atom. The Bertz CT molecular complexity index is 533. The van der Waals surface area contributed by atoms with Crippen LogP contribution in [0.25, 0.3) is 0 Å². The van der Waals surface area contributed by atoms with Gasteiger partial charge in [0.15, 0.2) is 5.13 Å². The van der Waals surface area contributed by atoms with E-state index in [2.05, 4.69) is 10.4 Å². The summed E-state index contributed by atoms with van der Waals surface area (Å²) in [5.41, 5.74) is 0.965. The Balaban J connectivity index is 1.52. The summed E-state index contributed by atoms with van der Waals surface area (Å²) in [7, 11) is 0. The Hall–Kier alpha value is -1.40. The molecule has 1 atom stereocenters. The molecule has 6 heteroatoms. The lowest BCUT2D eigenvalue weighted by atomic mass is 10.1. The number of hydrogen-bond donors (Lipinski definition) is 1. The smallest absolute Gasteiger partial charge is 0.176 e. The average Bonchev–Trinajstić information content (AvgIpc) is 3.10. The van der Waals surface area contributed by atoms with Gasteiger partial charge in [-0.3, -0.25) is 4.68 Å². The lowest BCUT2D eigenvalue weighted by Gasteiger charge is -2.06. The van der Waals surface area contributed by atoms with Crippen LogP contribution in [-0.2, 0) is 17.8 Å². The zero-order valence-electron chi connectivity index (χ0n) is 10.5. The molecule has 1 N–H and O–H groups in total. The second-order valence-corrected chi connectivity index (χ2v) is 5.86. The zero-order valence-corrected chi connectivity index (χ0v) is 11.3. The molecule has 3 heterocycles. The van der Waals surface area contributed by atoms with Crippen LogP contribution in [0.5, 0.6) is 0 Å². The largest absolute Gasteiger partial charge is 0.381 e. The molecule has 2 aromatic rings. The van der Waals surface area contributed by atoms with Gasteiger partial charge in [-0.2, -0.15) is 9.49 Å². The average molecular weight is 281 g/mol. The third-order valence-corrected chi connectivity index (χ3v) is 4.07. The number of hydrogen-bond acceptors (Lipinski definition) is 4. The maximum atomic E-state index is 12.8. The molecule has 1 fully saturated rings. The van der Waals surface area contributed by atoms with Crippen molar-refractivity contribution < 1.29 is 9.13 Å². The van der Waals surface area contributed by atoms with E-state index in [1.807, 2.05) is 10.9 Å². The number of halogens is 1. The lowest BCUT2D eigenvalue weighted by molar-refractivity contribution is 0.181. The van der Waals surface area contributed by atoms with Gasteiger partial charge >= 0.3 is 0 Å². The first kappa shape index (κ1) is 12.6. The quantitative estimate of drug-likeness (QED) is 0.916. The molecule has 0 amide bonds. The van der Waals surface area contributed by atoms with Gasteiger partial charge in [0.2, 0.25) is 0 Å². The molecule has 102 valence electrons. The highest BCUT2D eigenvalue weighted by molar-refractivity contribution is 7.10. The number of anilines is 1. The summed E-state index contributed by atoms with van der Waals surface area (Å²) >= 11 is 1.17. The third-order valence-electron chi connectivity index (χ3n) is 3.20. The lowest BCUT2D eigenvalue weighted by Crippen LogP contribution is -2.10. The van der Waals surface area contributed by atoms with Gasteiger partial charge in [0, 0.05) is 36.7 Å². The predicted octanol–water partition coefficient (Wildman–Crippen LogP) is 2.73. The first-order valence-electron chi connectivity index (χ1n) is 6.38. The summed E-state index contributed by atoms with van der Waals surface area (Å²) in [4.78, 5) is 0.981. The van der Waals surface area contributed by atoms with Crippen LogP contribution in [0.3, 0.4) is 0 Å². The summed E-state index contributed by atoms with van der Waals surface area (Å²) in [6.07, 6.45) is 4.90. The van der Waals surface area contributed by atoms with Crippen molar-refractivity contribution >= 4 is 17.0 Å². The highest BCUT2D eigenvalue weighted by Gasteiger charge is 2.16. The van der Waals surface area contributed by atoms with Crippen molar-refractivity contribution in [3.05, 3.63) is 34.5 Å². The molecular formula is C13H16FN3OS. The molecule has 1 aliphatic rings. The van der Waals surface area contributed by atoms with E-state index >= 15 is 0 Å². The number of ether oxygens (including phenoxy) is 1. The topological polar surface area (TPSA) is 39.1 Å². The van der Waals surface area contributed by atoms with Gasteiger partial charge in [-0.1, -0.05) is 0 Å². The monoisotopic (exact) mass is 281 g/mol. The van der Waals surface area contributed by atoms with Crippen LogP contribution < -0.4 is 5.32 Å². The Morgan fingerprint density at radius 3 is 3.21 bits per heavy atom. The normalized spacial score (nSPS) is 18.9. The molecule has 0 bridgehead atoms. The fourth-order valence-corrected chi connectivity index (χ4v) is 2.85.